The molecule has 1 aromatic heterocycles. The first-order chi connectivity index (χ1) is 5.77. The van der Waals surface area contributed by atoms with Gasteiger partial charge in [-0.3, -0.25) is 4.79 Å². The Labute approximate surface area is 71.2 Å². The summed E-state index contributed by atoms with van der Waals surface area (Å²) < 4.78 is 1.94. The van der Waals surface area contributed by atoms with Crippen molar-refractivity contribution in [1.29, 1.82) is 0 Å². The molecule has 1 fully saturated rings. The van der Waals surface area contributed by atoms with E-state index in [2.05, 4.69) is 0 Å². The van der Waals surface area contributed by atoms with E-state index in [-0.39, 0.29) is 5.91 Å². The maximum Gasteiger partial charge on any atom is 0.265 e. The van der Waals surface area contributed by atoms with E-state index in [1.807, 2.05) is 16.8 Å². The highest BCUT2D eigenvalue weighted by Gasteiger charge is 2.22. The molecular formula is C9H12N2O. The standard InChI is InChI=1S/C9H12N2O/c10-9(12)8-2-1-5-11(8)6-7-3-4-7/h1-2,5,7H,3-4,6H2,(H2,10,12). The van der Waals surface area contributed by atoms with E-state index in [1.54, 1.807) is 6.07 Å². The van der Waals surface area contributed by atoms with Gasteiger partial charge in [-0.05, 0) is 30.9 Å². The van der Waals surface area contributed by atoms with Crippen LogP contribution in [0.5, 0.6) is 0 Å². The molecule has 0 spiro atoms. The lowest BCUT2D eigenvalue weighted by Crippen LogP contribution is -2.17. The molecule has 1 aliphatic rings. The molecule has 3 heteroatoms. The smallest absolute Gasteiger partial charge is 0.265 e. The number of primary amides is 1. The van der Waals surface area contributed by atoms with Crippen molar-refractivity contribution < 1.29 is 4.79 Å². The molecule has 2 rings (SSSR count). The normalized spacial score (nSPS) is 16.3. The lowest BCUT2D eigenvalue weighted by Gasteiger charge is -2.04. The Bertz CT molecular complexity index is 299. The number of nitrogens with two attached hydrogens (primary N) is 1. The lowest BCUT2D eigenvalue weighted by atomic mass is 10.3. The molecule has 0 saturated heterocycles. The minimum Gasteiger partial charge on any atom is -0.364 e. The molecule has 0 aliphatic heterocycles. The number of amides is 1. The summed E-state index contributed by atoms with van der Waals surface area (Å²) in [6.07, 6.45) is 4.49. The summed E-state index contributed by atoms with van der Waals surface area (Å²) in [4.78, 5) is 10.9. The van der Waals surface area contributed by atoms with Gasteiger partial charge in [0, 0.05) is 12.7 Å². The van der Waals surface area contributed by atoms with Crippen molar-refractivity contribution in [3.05, 3.63) is 24.0 Å². The zero-order valence-electron chi connectivity index (χ0n) is 6.86. The van der Waals surface area contributed by atoms with Crippen molar-refractivity contribution >= 4 is 5.91 Å². The largest absolute Gasteiger partial charge is 0.364 e. The van der Waals surface area contributed by atoms with Crippen molar-refractivity contribution in [3.63, 3.8) is 0 Å². The van der Waals surface area contributed by atoms with Gasteiger partial charge in [0.2, 0.25) is 0 Å². The molecule has 3 nitrogen and oxygen atoms in total. The fourth-order valence-electron chi connectivity index (χ4n) is 1.38. The van der Waals surface area contributed by atoms with Gasteiger partial charge in [-0.2, -0.15) is 0 Å². The minimum atomic E-state index is -0.333. The van der Waals surface area contributed by atoms with Gasteiger partial charge in [0.25, 0.3) is 5.91 Å². The van der Waals surface area contributed by atoms with E-state index in [0.717, 1.165) is 12.5 Å². The Morgan fingerprint density at radius 2 is 2.42 bits per heavy atom. The molecule has 1 aliphatic carbocycles. The molecule has 0 unspecified atom stereocenters. The van der Waals surface area contributed by atoms with Crippen LogP contribution in [0.3, 0.4) is 0 Å². The van der Waals surface area contributed by atoms with Crippen LogP contribution in [-0.2, 0) is 6.54 Å². The molecule has 0 aromatic carbocycles. The second-order valence-electron chi connectivity index (χ2n) is 3.35. The molecule has 1 saturated carbocycles. The third-order valence-electron chi connectivity index (χ3n) is 2.23. The first kappa shape index (κ1) is 7.40. The zero-order chi connectivity index (χ0) is 8.55. The van der Waals surface area contributed by atoms with E-state index in [4.69, 9.17) is 5.73 Å². The highest BCUT2D eigenvalue weighted by Crippen LogP contribution is 2.30. The minimum absolute atomic E-state index is 0.333. The predicted molar refractivity (Wildman–Crippen MR) is 45.7 cm³/mol. The highest BCUT2D eigenvalue weighted by atomic mass is 16.1. The fraction of sp³-hybridized carbons (Fsp3) is 0.444. The second-order valence-corrected chi connectivity index (χ2v) is 3.35. The average molecular weight is 164 g/mol. The molecule has 2 N–H and O–H groups in total. The Balaban J connectivity index is 2.17. The van der Waals surface area contributed by atoms with Crippen molar-refractivity contribution in [2.24, 2.45) is 11.7 Å². The number of nitrogens with zero attached hydrogens (tertiary/aromatic N) is 1. The van der Waals surface area contributed by atoms with E-state index >= 15 is 0 Å². The van der Waals surface area contributed by atoms with Gasteiger partial charge >= 0.3 is 0 Å². The van der Waals surface area contributed by atoms with Gasteiger partial charge in [0.05, 0.1) is 0 Å². The first-order valence-corrected chi connectivity index (χ1v) is 4.22. The first-order valence-electron chi connectivity index (χ1n) is 4.22. The number of rotatable bonds is 3. The third-order valence-corrected chi connectivity index (χ3v) is 2.23. The summed E-state index contributed by atoms with van der Waals surface area (Å²) in [5.41, 5.74) is 5.82. The van der Waals surface area contributed by atoms with Crippen molar-refractivity contribution in [3.8, 4) is 0 Å². The van der Waals surface area contributed by atoms with Crippen LogP contribution >= 0.6 is 0 Å². The maximum absolute atomic E-state index is 10.9. The monoisotopic (exact) mass is 164 g/mol. The van der Waals surface area contributed by atoms with Gasteiger partial charge in [-0.1, -0.05) is 0 Å². The summed E-state index contributed by atoms with van der Waals surface area (Å²) >= 11 is 0. The number of carbonyl (C=O) groups is 1. The summed E-state index contributed by atoms with van der Waals surface area (Å²) in [5.74, 6) is 0.441. The molecule has 64 valence electrons. The fourth-order valence-corrected chi connectivity index (χ4v) is 1.38. The Morgan fingerprint density at radius 3 is 3.00 bits per heavy atom. The van der Waals surface area contributed by atoms with Crippen molar-refractivity contribution in [1.82, 2.24) is 4.57 Å². The number of aromatic nitrogens is 1. The molecule has 0 bridgehead atoms. The molecule has 1 amide bonds. The van der Waals surface area contributed by atoms with Crippen LogP contribution in [0.25, 0.3) is 0 Å². The zero-order valence-corrected chi connectivity index (χ0v) is 6.86. The molecule has 1 heterocycles. The Hall–Kier alpha value is -1.25. The van der Waals surface area contributed by atoms with Crippen LogP contribution in [0.1, 0.15) is 23.3 Å². The van der Waals surface area contributed by atoms with E-state index in [0.29, 0.717) is 5.69 Å². The maximum atomic E-state index is 10.9. The molecular weight excluding hydrogens is 152 g/mol. The van der Waals surface area contributed by atoms with Crippen LogP contribution in [0.2, 0.25) is 0 Å². The molecule has 1 aromatic rings. The number of hydrogen-bond acceptors (Lipinski definition) is 1. The van der Waals surface area contributed by atoms with Gasteiger partial charge in [-0.15, -0.1) is 0 Å². The number of carbonyl (C=O) groups excluding carboxylic acids is 1. The summed E-state index contributed by atoms with van der Waals surface area (Å²) in [6, 6.07) is 3.63. The SMILES string of the molecule is NC(=O)c1cccn1CC1CC1. The van der Waals surface area contributed by atoms with E-state index in [9.17, 15) is 4.79 Å². The lowest BCUT2D eigenvalue weighted by molar-refractivity contribution is 0.0991. The van der Waals surface area contributed by atoms with Crippen LogP contribution in [-0.4, -0.2) is 10.5 Å². The second kappa shape index (κ2) is 2.66. The Morgan fingerprint density at radius 1 is 1.67 bits per heavy atom. The van der Waals surface area contributed by atoms with E-state index in [1.165, 1.54) is 12.8 Å². The number of hydrogen-bond donors (Lipinski definition) is 1. The molecule has 12 heavy (non-hydrogen) atoms. The molecule has 0 atom stereocenters. The van der Waals surface area contributed by atoms with Crippen LogP contribution in [0.4, 0.5) is 0 Å². The summed E-state index contributed by atoms with van der Waals surface area (Å²) in [7, 11) is 0. The van der Waals surface area contributed by atoms with Gasteiger partial charge < -0.3 is 10.3 Å². The summed E-state index contributed by atoms with van der Waals surface area (Å²) in [6.45, 7) is 0.950. The van der Waals surface area contributed by atoms with Crippen LogP contribution < -0.4 is 5.73 Å². The topological polar surface area (TPSA) is 48.0 Å². The molecule has 0 radical (unpaired) electrons. The van der Waals surface area contributed by atoms with Crippen LogP contribution in [0.15, 0.2) is 18.3 Å². The average Bonchev–Trinajstić information content (AvgIpc) is 2.66. The van der Waals surface area contributed by atoms with Crippen LogP contribution in [0, 0.1) is 5.92 Å². The Kier molecular flexibility index (Phi) is 1.64. The van der Waals surface area contributed by atoms with E-state index < -0.39 is 0 Å². The quantitative estimate of drug-likeness (QED) is 0.711. The van der Waals surface area contributed by atoms with Gasteiger partial charge in [0.1, 0.15) is 5.69 Å². The van der Waals surface area contributed by atoms with Crippen molar-refractivity contribution in [2.75, 3.05) is 0 Å². The predicted octanol–water partition coefficient (Wildman–Crippen LogP) is 0.997. The third kappa shape index (κ3) is 1.35. The van der Waals surface area contributed by atoms with Crippen molar-refractivity contribution in [2.45, 2.75) is 19.4 Å². The van der Waals surface area contributed by atoms with Gasteiger partial charge in [0.15, 0.2) is 0 Å². The highest BCUT2D eigenvalue weighted by molar-refractivity contribution is 5.91. The summed E-state index contributed by atoms with van der Waals surface area (Å²) in [5, 5.41) is 0. The van der Waals surface area contributed by atoms with Gasteiger partial charge in [-0.25, -0.2) is 0 Å².